The zero-order chi connectivity index (χ0) is 18.0. The van der Waals surface area contributed by atoms with Crippen molar-refractivity contribution >= 4 is 0 Å². The lowest BCUT2D eigenvalue weighted by molar-refractivity contribution is 0.374. The first kappa shape index (κ1) is 17.3. The largest absolute Gasteiger partial charge is 0.424 e. The Kier molecular flexibility index (Phi) is 4.94. The summed E-state index contributed by atoms with van der Waals surface area (Å²) in [5.41, 5.74) is 2.89. The van der Waals surface area contributed by atoms with Crippen LogP contribution in [0.1, 0.15) is 55.9 Å². The maximum atomic E-state index is 13.1. The highest BCUT2D eigenvalue weighted by Gasteiger charge is 2.20. The van der Waals surface area contributed by atoms with Crippen molar-refractivity contribution in [3.8, 4) is 5.69 Å². The summed E-state index contributed by atoms with van der Waals surface area (Å²) in [7, 11) is 0. The third-order valence-corrected chi connectivity index (χ3v) is 4.24. The van der Waals surface area contributed by atoms with E-state index < -0.39 is 0 Å². The molecule has 0 saturated carbocycles. The van der Waals surface area contributed by atoms with Gasteiger partial charge in [-0.1, -0.05) is 6.92 Å². The smallest absolute Gasteiger partial charge is 0.233 e. The molecular formula is C18H22FN5O. The van der Waals surface area contributed by atoms with Gasteiger partial charge in [0.25, 0.3) is 0 Å². The molecule has 0 bridgehead atoms. The van der Waals surface area contributed by atoms with Gasteiger partial charge in [-0.15, -0.1) is 10.2 Å². The minimum absolute atomic E-state index is 0.0428. The number of benzene rings is 1. The van der Waals surface area contributed by atoms with Gasteiger partial charge < -0.3 is 4.42 Å². The van der Waals surface area contributed by atoms with Crippen LogP contribution in [0.2, 0.25) is 0 Å². The zero-order valence-corrected chi connectivity index (χ0v) is 14.8. The Morgan fingerprint density at radius 3 is 2.52 bits per heavy atom. The van der Waals surface area contributed by atoms with E-state index >= 15 is 0 Å². The number of aromatic nitrogens is 4. The molecule has 7 heteroatoms. The SMILES string of the molecule is CCc1nnc([C@H](C)N[C@@H](C)c2cnn(-c3ccc(F)cc3)c2C)o1. The highest BCUT2D eigenvalue weighted by atomic mass is 19.1. The van der Waals surface area contributed by atoms with Gasteiger partial charge in [0.1, 0.15) is 5.82 Å². The molecule has 132 valence electrons. The minimum atomic E-state index is -0.261. The lowest BCUT2D eigenvalue weighted by atomic mass is 10.1. The van der Waals surface area contributed by atoms with Crippen molar-refractivity contribution in [1.29, 1.82) is 0 Å². The quantitative estimate of drug-likeness (QED) is 0.739. The Hall–Kier alpha value is -2.54. The number of hydrogen-bond donors (Lipinski definition) is 1. The molecule has 1 aromatic carbocycles. The zero-order valence-electron chi connectivity index (χ0n) is 14.8. The van der Waals surface area contributed by atoms with Crippen LogP contribution in [0.25, 0.3) is 5.69 Å². The van der Waals surface area contributed by atoms with E-state index in [4.69, 9.17) is 4.42 Å². The molecule has 6 nitrogen and oxygen atoms in total. The molecule has 3 rings (SSSR count). The average molecular weight is 343 g/mol. The second-order valence-corrected chi connectivity index (χ2v) is 6.07. The lowest BCUT2D eigenvalue weighted by Gasteiger charge is -2.17. The van der Waals surface area contributed by atoms with Crippen molar-refractivity contribution in [2.75, 3.05) is 0 Å². The van der Waals surface area contributed by atoms with Gasteiger partial charge in [0, 0.05) is 23.7 Å². The molecule has 0 fully saturated rings. The average Bonchev–Trinajstić information content (AvgIpc) is 3.22. The first-order valence-corrected chi connectivity index (χ1v) is 8.38. The highest BCUT2D eigenvalue weighted by Crippen LogP contribution is 2.23. The van der Waals surface area contributed by atoms with Gasteiger partial charge in [0.15, 0.2) is 0 Å². The van der Waals surface area contributed by atoms with E-state index in [0.29, 0.717) is 11.8 Å². The van der Waals surface area contributed by atoms with Crippen LogP contribution in [0.4, 0.5) is 4.39 Å². The summed E-state index contributed by atoms with van der Waals surface area (Å²) in [6.45, 7) is 8.03. The third-order valence-electron chi connectivity index (χ3n) is 4.24. The summed E-state index contributed by atoms with van der Waals surface area (Å²) < 4.78 is 20.5. The second-order valence-electron chi connectivity index (χ2n) is 6.07. The first-order valence-electron chi connectivity index (χ1n) is 8.38. The van der Waals surface area contributed by atoms with Crippen molar-refractivity contribution in [2.45, 2.75) is 46.2 Å². The number of halogens is 1. The van der Waals surface area contributed by atoms with E-state index in [0.717, 1.165) is 23.4 Å². The van der Waals surface area contributed by atoms with E-state index in [9.17, 15) is 4.39 Å². The van der Waals surface area contributed by atoms with Gasteiger partial charge in [0.05, 0.1) is 17.9 Å². The third kappa shape index (κ3) is 3.61. The van der Waals surface area contributed by atoms with Crippen molar-refractivity contribution in [1.82, 2.24) is 25.3 Å². The van der Waals surface area contributed by atoms with Gasteiger partial charge in [-0.25, -0.2) is 9.07 Å². The van der Waals surface area contributed by atoms with Crippen LogP contribution in [0.15, 0.2) is 34.9 Å². The van der Waals surface area contributed by atoms with Crippen LogP contribution in [0.3, 0.4) is 0 Å². The molecule has 25 heavy (non-hydrogen) atoms. The van der Waals surface area contributed by atoms with Crippen LogP contribution in [-0.4, -0.2) is 20.0 Å². The topological polar surface area (TPSA) is 68.8 Å². The molecule has 2 heterocycles. The van der Waals surface area contributed by atoms with Gasteiger partial charge in [-0.2, -0.15) is 5.10 Å². The fourth-order valence-corrected chi connectivity index (χ4v) is 2.81. The summed E-state index contributed by atoms with van der Waals surface area (Å²) in [6.07, 6.45) is 2.55. The summed E-state index contributed by atoms with van der Waals surface area (Å²) in [6, 6.07) is 6.26. The van der Waals surface area contributed by atoms with Crippen LogP contribution in [0.5, 0.6) is 0 Å². The van der Waals surface area contributed by atoms with Crippen LogP contribution < -0.4 is 5.32 Å². The lowest BCUT2D eigenvalue weighted by Crippen LogP contribution is -2.23. The predicted octanol–water partition coefficient (Wildman–Crippen LogP) is 3.68. The van der Waals surface area contributed by atoms with Crippen LogP contribution in [-0.2, 0) is 6.42 Å². The minimum Gasteiger partial charge on any atom is -0.424 e. The number of rotatable bonds is 6. The van der Waals surface area contributed by atoms with E-state index in [1.54, 1.807) is 16.8 Å². The van der Waals surface area contributed by atoms with E-state index in [-0.39, 0.29) is 17.9 Å². The number of aryl methyl sites for hydroxylation is 1. The molecule has 0 amide bonds. The van der Waals surface area contributed by atoms with Crippen LogP contribution in [0, 0.1) is 12.7 Å². The molecule has 0 saturated heterocycles. The van der Waals surface area contributed by atoms with E-state index in [1.807, 2.05) is 27.0 Å². The molecule has 0 aliphatic rings. The predicted molar refractivity (Wildman–Crippen MR) is 91.9 cm³/mol. The van der Waals surface area contributed by atoms with Crippen molar-refractivity contribution in [3.05, 3.63) is 59.3 Å². The fraction of sp³-hybridized carbons (Fsp3) is 0.389. The van der Waals surface area contributed by atoms with Gasteiger partial charge in [-0.3, -0.25) is 5.32 Å². The molecular weight excluding hydrogens is 321 g/mol. The van der Waals surface area contributed by atoms with Gasteiger partial charge >= 0.3 is 0 Å². The summed E-state index contributed by atoms with van der Waals surface area (Å²) in [5, 5.41) is 16.0. The summed E-state index contributed by atoms with van der Waals surface area (Å²) in [4.78, 5) is 0. The molecule has 0 aliphatic heterocycles. The Labute approximate surface area is 146 Å². The Bertz CT molecular complexity index is 840. The molecule has 0 spiro atoms. The molecule has 0 aliphatic carbocycles. The fourth-order valence-electron chi connectivity index (χ4n) is 2.81. The summed E-state index contributed by atoms with van der Waals surface area (Å²) in [5.74, 6) is 0.951. The normalized spacial score (nSPS) is 13.8. The highest BCUT2D eigenvalue weighted by molar-refractivity contribution is 5.35. The van der Waals surface area contributed by atoms with Gasteiger partial charge in [-0.05, 0) is 45.0 Å². The maximum absolute atomic E-state index is 13.1. The van der Waals surface area contributed by atoms with Crippen molar-refractivity contribution in [3.63, 3.8) is 0 Å². The Morgan fingerprint density at radius 1 is 1.16 bits per heavy atom. The molecule has 1 N–H and O–H groups in total. The Balaban J connectivity index is 1.76. The molecule has 0 unspecified atom stereocenters. The van der Waals surface area contributed by atoms with E-state index in [1.165, 1.54) is 12.1 Å². The van der Waals surface area contributed by atoms with Crippen molar-refractivity contribution < 1.29 is 8.81 Å². The van der Waals surface area contributed by atoms with Crippen molar-refractivity contribution in [2.24, 2.45) is 0 Å². The first-order chi connectivity index (χ1) is 12.0. The van der Waals surface area contributed by atoms with E-state index in [2.05, 4.69) is 27.5 Å². The molecule has 2 aromatic heterocycles. The second kappa shape index (κ2) is 7.14. The number of hydrogen-bond acceptors (Lipinski definition) is 5. The maximum Gasteiger partial charge on any atom is 0.233 e. The molecule has 2 atom stereocenters. The summed E-state index contributed by atoms with van der Waals surface area (Å²) >= 11 is 0. The van der Waals surface area contributed by atoms with Crippen LogP contribution >= 0.6 is 0 Å². The Morgan fingerprint density at radius 2 is 1.88 bits per heavy atom. The number of nitrogens with one attached hydrogen (secondary N) is 1. The standard InChI is InChI=1S/C18H22FN5O/c1-5-17-22-23-18(25-17)12(3)21-11(2)16-10-20-24(13(16)4)15-8-6-14(19)7-9-15/h6-12,21H,5H2,1-4H3/t11-,12-/m0/s1. The number of nitrogens with zero attached hydrogens (tertiary/aromatic N) is 4. The monoisotopic (exact) mass is 343 g/mol. The molecule has 0 radical (unpaired) electrons. The van der Waals surface area contributed by atoms with Gasteiger partial charge in [0.2, 0.25) is 11.8 Å². The molecule has 3 aromatic rings.